The van der Waals surface area contributed by atoms with Gasteiger partial charge in [-0.2, -0.15) is 0 Å². The summed E-state index contributed by atoms with van der Waals surface area (Å²) in [6.07, 6.45) is 4.61. The summed E-state index contributed by atoms with van der Waals surface area (Å²) in [6, 6.07) is 11.3. The fraction of sp³-hybridized carbons (Fsp3) is 0.458. The molecule has 31 heavy (non-hydrogen) atoms. The van der Waals surface area contributed by atoms with E-state index in [1.54, 1.807) is 17.2 Å². The third-order valence-electron chi connectivity index (χ3n) is 4.73. The van der Waals surface area contributed by atoms with E-state index < -0.39 is 0 Å². The topological polar surface area (TPSA) is 68.7 Å². The minimum Gasteiger partial charge on any atom is -0.493 e. The van der Waals surface area contributed by atoms with E-state index in [1.807, 2.05) is 51.1 Å². The zero-order chi connectivity index (χ0) is 22.6. The summed E-state index contributed by atoms with van der Waals surface area (Å²) >= 11 is 3.35. The number of benzene rings is 1. The van der Waals surface area contributed by atoms with E-state index in [4.69, 9.17) is 9.47 Å². The van der Waals surface area contributed by atoms with Crippen LogP contribution in [-0.4, -0.2) is 41.0 Å². The molecule has 0 radical (unpaired) electrons. The number of rotatable bonds is 12. The number of ether oxygens (including phenoxy) is 2. The Labute approximate surface area is 193 Å². The van der Waals surface area contributed by atoms with Crippen molar-refractivity contribution in [1.29, 1.82) is 0 Å². The van der Waals surface area contributed by atoms with Crippen LogP contribution in [0.1, 0.15) is 62.5 Å². The van der Waals surface area contributed by atoms with Gasteiger partial charge in [-0.05, 0) is 74.2 Å². The van der Waals surface area contributed by atoms with Crippen molar-refractivity contribution in [2.45, 2.75) is 59.0 Å². The number of hydrogen-bond donors (Lipinski definition) is 0. The molecular weight excluding hydrogens is 460 g/mol. The number of nitrogens with zero attached hydrogens (tertiary/aromatic N) is 2. The van der Waals surface area contributed by atoms with Gasteiger partial charge in [0.15, 0.2) is 0 Å². The van der Waals surface area contributed by atoms with Gasteiger partial charge in [-0.15, -0.1) is 0 Å². The number of aromatic nitrogens is 1. The molecule has 1 heterocycles. The Hall–Kier alpha value is -2.41. The molecule has 0 aliphatic carbocycles. The second-order valence-electron chi connectivity index (χ2n) is 7.46. The highest BCUT2D eigenvalue weighted by Crippen LogP contribution is 2.22. The first kappa shape index (κ1) is 24.9. The molecule has 6 nitrogen and oxygen atoms in total. The highest BCUT2D eigenvalue weighted by atomic mass is 79.9. The van der Waals surface area contributed by atoms with Crippen molar-refractivity contribution in [2.75, 3.05) is 13.2 Å². The van der Waals surface area contributed by atoms with Gasteiger partial charge in [0.1, 0.15) is 11.4 Å². The lowest BCUT2D eigenvalue weighted by Gasteiger charge is -2.27. The molecule has 1 amide bonds. The number of unbranched alkanes of at least 4 members (excludes halogenated alkanes) is 2. The highest BCUT2D eigenvalue weighted by Gasteiger charge is 2.21. The molecule has 7 heteroatoms. The van der Waals surface area contributed by atoms with Crippen LogP contribution >= 0.6 is 15.9 Å². The Kier molecular flexibility index (Phi) is 10.5. The molecule has 0 N–H and O–H groups in total. The Bertz CT molecular complexity index is 840. The second kappa shape index (κ2) is 13.1. The zero-order valence-corrected chi connectivity index (χ0v) is 20.1. The summed E-state index contributed by atoms with van der Waals surface area (Å²) in [4.78, 5) is 30.4. The molecular formula is C24H31BrN2O4. The number of pyridine rings is 1. The van der Waals surface area contributed by atoms with E-state index in [0.717, 1.165) is 35.0 Å². The molecule has 1 aromatic carbocycles. The Balaban J connectivity index is 1.94. The first-order valence-corrected chi connectivity index (χ1v) is 11.5. The molecule has 0 saturated heterocycles. The van der Waals surface area contributed by atoms with E-state index in [0.29, 0.717) is 31.9 Å². The predicted octanol–water partition coefficient (Wildman–Crippen LogP) is 5.40. The summed E-state index contributed by atoms with van der Waals surface area (Å²) in [5.41, 5.74) is 1.37. The fourth-order valence-electron chi connectivity index (χ4n) is 3.06. The first-order chi connectivity index (χ1) is 14.9. The average Bonchev–Trinajstić information content (AvgIpc) is 2.75. The fourth-order valence-corrected chi connectivity index (χ4v) is 3.30. The van der Waals surface area contributed by atoms with Gasteiger partial charge in [-0.1, -0.05) is 18.2 Å². The number of esters is 1. The minimum absolute atomic E-state index is 0.00822. The van der Waals surface area contributed by atoms with Crippen molar-refractivity contribution in [1.82, 2.24) is 9.88 Å². The van der Waals surface area contributed by atoms with Crippen LogP contribution in [-0.2, 0) is 16.1 Å². The van der Waals surface area contributed by atoms with Crippen molar-refractivity contribution in [3.8, 4) is 5.75 Å². The summed E-state index contributed by atoms with van der Waals surface area (Å²) in [6.45, 7) is 7.21. The lowest BCUT2D eigenvalue weighted by molar-refractivity contribution is -0.143. The predicted molar refractivity (Wildman–Crippen MR) is 124 cm³/mol. The molecule has 168 valence electrons. The number of carbonyl (C=O) groups excluding carboxylic acids is 2. The van der Waals surface area contributed by atoms with Gasteiger partial charge in [0.05, 0.1) is 13.2 Å². The van der Waals surface area contributed by atoms with Gasteiger partial charge in [-0.3, -0.25) is 9.59 Å². The van der Waals surface area contributed by atoms with E-state index in [9.17, 15) is 9.59 Å². The Morgan fingerprint density at radius 1 is 1.10 bits per heavy atom. The number of halogens is 1. The van der Waals surface area contributed by atoms with Crippen molar-refractivity contribution in [3.05, 3.63) is 58.3 Å². The van der Waals surface area contributed by atoms with Gasteiger partial charge < -0.3 is 14.4 Å². The summed E-state index contributed by atoms with van der Waals surface area (Å²) in [5, 5.41) is 0. The van der Waals surface area contributed by atoms with Crippen LogP contribution in [0.3, 0.4) is 0 Å². The molecule has 0 fully saturated rings. The highest BCUT2D eigenvalue weighted by molar-refractivity contribution is 9.10. The van der Waals surface area contributed by atoms with Crippen LogP contribution in [0.15, 0.2) is 47.1 Å². The van der Waals surface area contributed by atoms with Crippen molar-refractivity contribution < 1.29 is 19.1 Å². The maximum atomic E-state index is 13.0. The third-order valence-corrected chi connectivity index (χ3v) is 5.20. The normalized spacial score (nSPS) is 10.7. The number of carbonyl (C=O) groups is 2. The van der Waals surface area contributed by atoms with Gasteiger partial charge in [0.2, 0.25) is 0 Å². The van der Waals surface area contributed by atoms with Crippen molar-refractivity contribution in [3.63, 3.8) is 0 Å². The first-order valence-electron chi connectivity index (χ1n) is 10.7. The van der Waals surface area contributed by atoms with Crippen LogP contribution in [0.4, 0.5) is 0 Å². The zero-order valence-electron chi connectivity index (χ0n) is 18.5. The quantitative estimate of drug-likeness (QED) is 0.294. The Morgan fingerprint density at radius 2 is 1.87 bits per heavy atom. The van der Waals surface area contributed by atoms with E-state index in [1.165, 1.54) is 0 Å². The molecule has 0 spiro atoms. The largest absolute Gasteiger partial charge is 0.493 e. The smallest absolute Gasteiger partial charge is 0.305 e. The minimum atomic E-state index is -0.146. The van der Waals surface area contributed by atoms with E-state index >= 15 is 0 Å². The number of hydrogen-bond acceptors (Lipinski definition) is 5. The van der Waals surface area contributed by atoms with Crippen molar-refractivity contribution >= 4 is 27.8 Å². The van der Waals surface area contributed by atoms with Gasteiger partial charge in [0, 0.05) is 35.2 Å². The van der Waals surface area contributed by atoms with Crippen LogP contribution in [0.2, 0.25) is 0 Å². The van der Waals surface area contributed by atoms with E-state index in [-0.39, 0.29) is 17.9 Å². The van der Waals surface area contributed by atoms with Crippen LogP contribution in [0.5, 0.6) is 5.75 Å². The average molecular weight is 491 g/mol. The SMILES string of the molecule is CCOC(=O)CCCCCOc1ccccc1CN(C(=O)c1ccc(Br)cn1)C(C)C. The summed E-state index contributed by atoms with van der Waals surface area (Å²) < 4.78 is 11.8. The lowest BCUT2D eigenvalue weighted by atomic mass is 10.1. The third kappa shape index (κ3) is 8.32. The molecule has 0 saturated carbocycles. The van der Waals surface area contributed by atoms with E-state index in [2.05, 4.69) is 20.9 Å². The number of amides is 1. The number of para-hydroxylation sites is 1. The van der Waals surface area contributed by atoms with Gasteiger partial charge in [-0.25, -0.2) is 4.98 Å². The molecule has 0 atom stereocenters. The molecule has 1 aromatic heterocycles. The van der Waals surface area contributed by atoms with Gasteiger partial charge in [0.25, 0.3) is 5.91 Å². The maximum Gasteiger partial charge on any atom is 0.305 e. The molecule has 0 unspecified atom stereocenters. The maximum absolute atomic E-state index is 13.0. The molecule has 0 aliphatic heterocycles. The monoisotopic (exact) mass is 490 g/mol. The van der Waals surface area contributed by atoms with Gasteiger partial charge >= 0.3 is 5.97 Å². The molecule has 0 bridgehead atoms. The van der Waals surface area contributed by atoms with Crippen molar-refractivity contribution in [2.24, 2.45) is 0 Å². The summed E-state index contributed by atoms with van der Waals surface area (Å²) in [5.74, 6) is 0.513. The van der Waals surface area contributed by atoms with Crippen LogP contribution in [0.25, 0.3) is 0 Å². The lowest BCUT2D eigenvalue weighted by Crippen LogP contribution is -2.37. The van der Waals surface area contributed by atoms with Crippen LogP contribution in [0, 0.1) is 0 Å². The second-order valence-corrected chi connectivity index (χ2v) is 8.38. The Morgan fingerprint density at radius 3 is 2.55 bits per heavy atom. The molecule has 2 aromatic rings. The van der Waals surface area contributed by atoms with Crippen LogP contribution < -0.4 is 4.74 Å². The standard InChI is InChI=1S/C24H31BrN2O4/c1-4-30-23(28)12-6-5-9-15-31-22-11-8-7-10-19(22)17-27(18(2)3)24(29)21-14-13-20(25)16-26-21/h7-8,10-11,13-14,16,18H,4-6,9,12,15,17H2,1-3H3. The molecule has 2 rings (SSSR count). The molecule has 0 aliphatic rings. The summed E-state index contributed by atoms with van der Waals surface area (Å²) in [7, 11) is 0.